The second kappa shape index (κ2) is 8.93. The first-order valence-electron chi connectivity index (χ1n) is 12.7. The zero-order valence-corrected chi connectivity index (χ0v) is 22.2. The summed E-state index contributed by atoms with van der Waals surface area (Å²) in [6.45, 7) is 10.2. The van der Waals surface area contributed by atoms with Gasteiger partial charge in [0.05, 0.1) is 22.3 Å². The number of fused-ring (bicyclic) bond motifs is 3. The van der Waals surface area contributed by atoms with Crippen LogP contribution in [0.4, 0.5) is 0 Å². The van der Waals surface area contributed by atoms with Gasteiger partial charge in [-0.3, -0.25) is 0 Å². The normalized spacial score (nSPS) is 11.3. The van der Waals surface area contributed by atoms with Gasteiger partial charge >= 0.3 is 0 Å². The summed E-state index contributed by atoms with van der Waals surface area (Å²) in [4.78, 5) is 13.5. The van der Waals surface area contributed by atoms with Crippen LogP contribution in [0.2, 0.25) is 0 Å². The Morgan fingerprint density at radius 3 is 2.03 bits per heavy atom. The molecule has 0 unspecified atom stereocenters. The molecule has 0 bridgehead atoms. The van der Waals surface area contributed by atoms with Gasteiger partial charge in [-0.15, -0.1) is 0 Å². The largest absolute Gasteiger partial charge is 0.308 e. The van der Waals surface area contributed by atoms with Crippen LogP contribution in [-0.4, -0.2) is 19.5 Å². The molecule has 0 N–H and O–H groups in total. The maximum atomic E-state index is 10.1. The maximum Gasteiger partial charge on any atom is 0.163 e. The number of hydrogen-bond acceptors (Lipinski definition) is 4. The minimum absolute atomic E-state index is 0.590. The Bertz CT molecular complexity index is 1890. The smallest absolute Gasteiger partial charge is 0.163 e. The number of nitriles is 1. The fourth-order valence-corrected chi connectivity index (χ4v) is 5.72. The number of hydrogen-bond donors (Lipinski definition) is 0. The van der Waals surface area contributed by atoms with E-state index < -0.39 is 0 Å². The van der Waals surface area contributed by atoms with Crippen molar-refractivity contribution in [3.63, 3.8) is 0 Å². The number of rotatable bonds is 3. The second-order valence-corrected chi connectivity index (χ2v) is 9.96. The van der Waals surface area contributed by atoms with Gasteiger partial charge in [-0.25, -0.2) is 15.0 Å². The van der Waals surface area contributed by atoms with Gasteiger partial charge in [-0.1, -0.05) is 48.0 Å². The number of aryl methyl sites for hydroxylation is 5. The summed E-state index contributed by atoms with van der Waals surface area (Å²) >= 11 is 0. The molecule has 0 aliphatic rings. The summed E-state index contributed by atoms with van der Waals surface area (Å²) in [5.41, 5.74) is 10.5. The highest BCUT2D eigenvalue weighted by Crippen LogP contribution is 2.38. The van der Waals surface area contributed by atoms with Crippen molar-refractivity contribution < 1.29 is 0 Å². The molecule has 0 saturated carbocycles. The third-order valence-corrected chi connectivity index (χ3v) is 7.12. The Labute approximate surface area is 222 Å². The van der Waals surface area contributed by atoms with Gasteiger partial charge in [0.2, 0.25) is 0 Å². The van der Waals surface area contributed by atoms with E-state index in [4.69, 9.17) is 0 Å². The van der Waals surface area contributed by atoms with Gasteiger partial charge in [0.1, 0.15) is 17.7 Å². The first kappa shape index (κ1) is 23.6. The molecule has 0 amide bonds. The Morgan fingerprint density at radius 1 is 0.658 bits per heavy atom. The highest BCUT2D eigenvalue weighted by atomic mass is 15.0. The van der Waals surface area contributed by atoms with Gasteiger partial charge in [-0.2, -0.15) is 5.26 Å². The van der Waals surface area contributed by atoms with Gasteiger partial charge < -0.3 is 4.57 Å². The first-order valence-corrected chi connectivity index (χ1v) is 12.7. The molecule has 2 aromatic heterocycles. The topological polar surface area (TPSA) is 67.4 Å². The zero-order valence-electron chi connectivity index (χ0n) is 22.2. The Morgan fingerprint density at radius 2 is 1.32 bits per heavy atom. The monoisotopic (exact) mass is 493 g/mol. The van der Waals surface area contributed by atoms with E-state index in [1.54, 1.807) is 0 Å². The second-order valence-electron chi connectivity index (χ2n) is 9.96. The van der Waals surface area contributed by atoms with Crippen molar-refractivity contribution in [1.82, 2.24) is 19.5 Å². The molecule has 5 nitrogen and oxygen atoms in total. The molecule has 2 heterocycles. The van der Waals surface area contributed by atoms with Gasteiger partial charge in [-0.05, 0) is 87.2 Å². The van der Waals surface area contributed by atoms with Gasteiger partial charge in [0.25, 0.3) is 0 Å². The molecule has 5 heteroatoms. The minimum Gasteiger partial charge on any atom is -0.308 e. The van der Waals surface area contributed by atoms with Crippen molar-refractivity contribution in [2.75, 3.05) is 0 Å². The number of benzene rings is 4. The summed E-state index contributed by atoms with van der Waals surface area (Å²) < 4.78 is 2.20. The van der Waals surface area contributed by atoms with Crippen LogP contribution in [-0.2, 0) is 0 Å². The zero-order chi connectivity index (χ0) is 26.6. The third-order valence-electron chi connectivity index (χ3n) is 7.12. The lowest BCUT2D eigenvalue weighted by molar-refractivity contribution is 0.928. The fourth-order valence-electron chi connectivity index (χ4n) is 5.72. The average molecular weight is 494 g/mol. The van der Waals surface area contributed by atoms with E-state index >= 15 is 0 Å². The van der Waals surface area contributed by atoms with Crippen LogP contribution in [0.15, 0.2) is 72.8 Å². The van der Waals surface area contributed by atoms with Crippen LogP contribution in [0.1, 0.15) is 33.9 Å². The predicted molar refractivity (Wildman–Crippen MR) is 153 cm³/mol. The SMILES string of the molecule is Cc1cc(C)c(-c2ccc3c4ccccc4n(-c4cc(-c5nc(C)nc(C)n5)ccc4C#N)c3c2)c(C)c1. The number of para-hydroxylation sites is 1. The number of nitrogens with zero attached hydrogens (tertiary/aromatic N) is 5. The highest BCUT2D eigenvalue weighted by molar-refractivity contribution is 6.10. The third kappa shape index (κ3) is 3.82. The van der Waals surface area contributed by atoms with E-state index in [9.17, 15) is 5.26 Å². The molecular formula is C33H27N5. The molecule has 0 spiro atoms. The Balaban J connectivity index is 1.68. The average Bonchev–Trinajstić information content (AvgIpc) is 3.20. The molecule has 0 aliphatic carbocycles. The van der Waals surface area contributed by atoms with Crippen molar-refractivity contribution in [3.05, 3.63) is 107 Å². The van der Waals surface area contributed by atoms with Crippen molar-refractivity contribution in [2.45, 2.75) is 34.6 Å². The molecule has 4 aromatic carbocycles. The van der Waals surface area contributed by atoms with Crippen LogP contribution in [0.5, 0.6) is 0 Å². The fraction of sp³-hybridized carbons (Fsp3) is 0.152. The lowest BCUT2D eigenvalue weighted by Crippen LogP contribution is -2.02. The quantitative estimate of drug-likeness (QED) is 0.253. The Kier molecular flexibility index (Phi) is 5.54. The molecule has 184 valence electrons. The van der Waals surface area contributed by atoms with Crippen LogP contribution >= 0.6 is 0 Å². The summed E-state index contributed by atoms with van der Waals surface area (Å²) in [6, 6.07) is 27.7. The summed E-state index contributed by atoms with van der Waals surface area (Å²) in [6.07, 6.45) is 0. The summed E-state index contributed by atoms with van der Waals surface area (Å²) in [7, 11) is 0. The maximum absolute atomic E-state index is 10.1. The summed E-state index contributed by atoms with van der Waals surface area (Å²) in [5, 5.41) is 12.4. The van der Waals surface area contributed by atoms with E-state index in [2.05, 4.69) is 94.9 Å². The van der Waals surface area contributed by atoms with E-state index in [1.807, 2.05) is 38.1 Å². The van der Waals surface area contributed by atoms with Crippen LogP contribution in [0, 0.1) is 45.9 Å². The molecular weight excluding hydrogens is 466 g/mol. The van der Waals surface area contributed by atoms with Crippen LogP contribution in [0.3, 0.4) is 0 Å². The van der Waals surface area contributed by atoms with E-state index in [0.717, 1.165) is 38.6 Å². The molecule has 6 rings (SSSR count). The molecule has 0 saturated heterocycles. The molecule has 0 aliphatic heterocycles. The van der Waals surface area contributed by atoms with E-state index in [1.165, 1.54) is 22.3 Å². The molecule has 0 atom stereocenters. The molecule has 38 heavy (non-hydrogen) atoms. The summed E-state index contributed by atoms with van der Waals surface area (Å²) in [5.74, 6) is 1.95. The van der Waals surface area contributed by atoms with Crippen LogP contribution < -0.4 is 0 Å². The number of aromatic nitrogens is 4. The van der Waals surface area contributed by atoms with Crippen LogP contribution in [0.25, 0.3) is 50.0 Å². The van der Waals surface area contributed by atoms with Gasteiger partial charge in [0.15, 0.2) is 5.82 Å². The van der Waals surface area contributed by atoms with Crippen molar-refractivity contribution in [2.24, 2.45) is 0 Å². The van der Waals surface area contributed by atoms with Crippen molar-refractivity contribution in [3.8, 4) is 34.3 Å². The van der Waals surface area contributed by atoms with E-state index in [0.29, 0.717) is 23.0 Å². The van der Waals surface area contributed by atoms with Crippen molar-refractivity contribution >= 4 is 21.8 Å². The minimum atomic E-state index is 0.590. The molecule has 0 fully saturated rings. The lowest BCUT2D eigenvalue weighted by atomic mass is 9.93. The van der Waals surface area contributed by atoms with Gasteiger partial charge in [0, 0.05) is 16.3 Å². The lowest BCUT2D eigenvalue weighted by Gasteiger charge is -2.14. The molecule has 0 radical (unpaired) electrons. The Hall–Kier alpha value is -4.82. The molecule has 6 aromatic rings. The predicted octanol–water partition coefficient (Wildman–Crippen LogP) is 7.72. The van der Waals surface area contributed by atoms with E-state index in [-0.39, 0.29) is 0 Å². The van der Waals surface area contributed by atoms with Crippen molar-refractivity contribution in [1.29, 1.82) is 5.26 Å². The first-order chi connectivity index (χ1) is 18.3. The standard InChI is InChI=1S/C33H27N5/c1-19-14-20(2)32(21(3)15-19)24-12-13-28-27-8-6-7-9-29(27)38(31(28)16-24)30-17-25(10-11-26(30)18-34)33-36-22(4)35-23(5)37-33/h6-17H,1-5H3. The highest BCUT2D eigenvalue weighted by Gasteiger charge is 2.18.